The number of nitrogens with zero attached hydrogens (tertiary/aromatic N) is 2. The monoisotopic (exact) mass is 422 g/mol. The maximum Gasteiger partial charge on any atom is 0.324 e. The second-order valence-corrected chi connectivity index (χ2v) is 9.33. The van der Waals surface area contributed by atoms with E-state index in [2.05, 4.69) is 23.3 Å². The van der Waals surface area contributed by atoms with Crippen LogP contribution in [-0.2, 0) is 6.54 Å². The third-order valence-corrected chi connectivity index (χ3v) is 7.27. The van der Waals surface area contributed by atoms with Gasteiger partial charge in [-0.1, -0.05) is 57.2 Å². The Hall–Kier alpha value is -2.44. The van der Waals surface area contributed by atoms with Gasteiger partial charge in [0.15, 0.2) is 0 Å². The summed E-state index contributed by atoms with van der Waals surface area (Å²) < 4.78 is 1.13. The molecule has 0 saturated heterocycles. The van der Waals surface area contributed by atoms with Crippen LogP contribution in [0.25, 0.3) is 10.1 Å². The molecule has 3 aromatic rings. The summed E-state index contributed by atoms with van der Waals surface area (Å²) in [7, 11) is 0. The molecule has 2 heterocycles. The number of thiophene rings is 1. The number of amides is 2. The van der Waals surface area contributed by atoms with E-state index in [1.807, 2.05) is 36.4 Å². The molecule has 1 aliphatic rings. The molecule has 1 atom stereocenters. The highest BCUT2D eigenvalue weighted by Crippen LogP contribution is 2.37. The van der Waals surface area contributed by atoms with E-state index in [4.69, 9.17) is 5.73 Å². The fourth-order valence-electron chi connectivity index (χ4n) is 4.48. The minimum absolute atomic E-state index is 0.494. The number of fused-ring (bicyclic) bond motifs is 1. The number of primary amides is 1. The third-order valence-electron chi connectivity index (χ3n) is 6.17. The molecule has 1 aromatic carbocycles. The molecule has 2 aromatic heterocycles. The summed E-state index contributed by atoms with van der Waals surface area (Å²) >= 11 is 1.56. The van der Waals surface area contributed by atoms with Gasteiger partial charge in [-0.05, 0) is 48.0 Å². The molecule has 0 aliphatic heterocycles. The highest BCUT2D eigenvalue weighted by Gasteiger charge is 2.22. The predicted molar refractivity (Wildman–Crippen MR) is 125 cm³/mol. The number of anilines is 2. The van der Waals surface area contributed by atoms with Gasteiger partial charge in [-0.25, -0.2) is 4.79 Å². The summed E-state index contributed by atoms with van der Waals surface area (Å²) in [6.07, 6.45) is 8.58. The highest BCUT2D eigenvalue weighted by molar-refractivity contribution is 7.23. The van der Waals surface area contributed by atoms with Gasteiger partial charge in [-0.15, -0.1) is 11.3 Å². The number of nitrogens with two attached hydrogens (primary N) is 1. The lowest BCUT2D eigenvalue weighted by Gasteiger charge is -2.28. The van der Waals surface area contributed by atoms with Crippen molar-refractivity contribution in [2.24, 2.45) is 17.6 Å². The van der Waals surface area contributed by atoms with Crippen LogP contribution in [0.3, 0.4) is 0 Å². The molecule has 30 heavy (non-hydrogen) atoms. The molecule has 4 rings (SSSR count). The minimum Gasteiger partial charge on any atom is -0.351 e. The zero-order valence-electron chi connectivity index (χ0n) is 17.5. The molecular formula is C24H30N4OS. The largest absolute Gasteiger partial charge is 0.351 e. The smallest absolute Gasteiger partial charge is 0.324 e. The SMILES string of the molecule is CC(CNCc1ncccc1N(C(N)=O)c1cc2ccccc2s1)C1CCCCC1. The molecule has 0 radical (unpaired) electrons. The molecule has 3 N–H and O–H groups in total. The average Bonchev–Trinajstić information content (AvgIpc) is 3.18. The fourth-order valence-corrected chi connectivity index (χ4v) is 5.56. The van der Waals surface area contributed by atoms with E-state index in [0.29, 0.717) is 12.5 Å². The zero-order valence-corrected chi connectivity index (χ0v) is 18.3. The first-order valence-corrected chi connectivity index (χ1v) is 11.7. The van der Waals surface area contributed by atoms with Crippen LogP contribution in [0.5, 0.6) is 0 Å². The number of benzene rings is 1. The van der Waals surface area contributed by atoms with Crippen LogP contribution in [0.15, 0.2) is 48.7 Å². The van der Waals surface area contributed by atoms with Crippen LogP contribution in [-0.4, -0.2) is 17.6 Å². The van der Waals surface area contributed by atoms with Crippen LogP contribution < -0.4 is 16.0 Å². The van der Waals surface area contributed by atoms with E-state index in [9.17, 15) is 4.79 Å². The van der Waals surface area contributed by atoms with E-state index < -0.39 is 6.03 Å². The van der Waals surface area contributed by atoms with E-state index in [-0.39, 0.29) is 0 Å². The molecule has 5 nitrogen and oxygen atoms in total. The molecule has 6 heteroatoms. The summed E-state index contributed by atoms with van der Waals surface area (Å²) in [4.78, 5) is 18.6. The Balaban J connectivity index is 1.51. The first kappa shape index (κ1) is 20.8. The number of nitrogens with one attached hydrogen (secondary N) is 1. The topological polar surface area (TPSA) is 71.2 Å². The molecule has 1 aliphatic carbocycles. The van der Waals surface area contributed by atoms with Gasteiger partial charge in [0, 0.05) is 17.4 Å². The Morgan fingerprint density at radius 1 is 1.23 bits per heavy atom. The molecule has 2 amide bonds. The van der Waals surface area contributed by atoms with Crippen molar-refractivity contribution in [2.75, 3.05) is 11.4 Å². The Kier molecular flexibility index (Phi) is 6.65. The lowest BCUT2D eigenvalue weighted by Crippen LogP contribution is -2.33. The summed E-state index contributed by atoms with van der Waals surface area (Å²) in [6, 6.07) is 13.4. The Bertz CT molecular complexity index is 963. The maximum absolute atomic E-state index is 12.4. The number of carbonyl (C=O) groups is 1. The van der Waals surface area contributed by atoms with Gasteiger partial charge in [-0.2, -0.15) is 0 Å². The van der Waals surface area contributed by atoms with Crippen LogP contribution >= 0.6 is 11.3 Å². The Morgan fingerprint density at radius 2 is 2.03 bits per heavy atom. The molecule has 158 valence electrons. The van der Waals surface area contributed by atoms with E-state index >= 15 is 0 Å². The molecular weight excluding hydrogens is 392 g/mol. The van der Waals surface area contributed by atoms with Crippen LogP contribution in [0, 0.1) is 11.8 Å². The van der Waals surface area contributed by atoms with Gasteiger partial charge in [-0.3, -0.25) is 9.88 Å². The molecule has 1 unspecified atom stereocenters. The molecule has 1 saturated carbocycles. The quantitative estimate of drug-likeness (QED) is 0.504. The van der Waals surface area contributed by atoms with Crippen molar-refractivity contribution in [1.82, 2.24) is 10.3 Å². The summed E-state index contributed by atoms with van der Waals surface area (Å²) in [5.41, 5.74) is 7.39. The fraction of sp³-hybridized carbons (Fsp3) is 0.417. The van der Waals surface area contributed by atoms with Gasteiger partial charge >= 0.3 is 6.03 Å². The van der Waals surface area contributed by atoms with E-state index in [1.54, 1.807) is 22.4 Å². The third kappa shape index (κ3) is 4.65. The predicted octanol–water partition coefficient (Wildman–Crippen LogP) is 5.82. The lowest BCUT2D eigenvalue weighted by molar-refractivity contribution is 0.255. The Morgan fingerprint density at radius 3 is 2.80 bits per heavy atom. The molecule has 1 fully saturated rings. The first-order chi connectivity index (χ1) is 14.6. The maximum atomic E-state index is 12.4. The number of hydrogen-bond acceptors (Lipinski definition) is 4. The van der Waals surface area contributed by atoms with E-state index in [0.717, 1.165) is 38.9 Å². The number of aromatic nitrogens is 1. The van der Waals surface area contributed by atoms with Gasteiger partial charge < -0.3 is 11.1 Å². The standard InChI is InChI=1S/C24H30N4OS/c1-17(18-8-3-2-4-9-18)15-26-16-20-21(11-7-13-27-20)28(24(25)29)23-14-19-10-5-6-12-22(19)30-23/h5-7,10-14,17-18,26H,2-4,8-9,15-16H2,1H3,(H2,25,29). The van der Waals surface area contributed by atoms with Crippen molar-refractivity contribution in [1.29, 1.82) is 0 Å². The lowest BCUT2D eigenvalue weighted by atomic mass is 9.81. The van der Waals surface area contributed by atoms with Gasteiger partial charge in [0.2, 0.25) is 0 Å². The van der Waals surface area contributed by atoms with Gasteiger partial charge in [0.1, 0.15) is 5.00 Å². The number of carbonyl (C=O) groups excluding carboxylic acids is 1. The summed E-state index contributed by atoms with van der Waals surface area (Å²) in [6.45, 7) is 3.91. The second-order valence-electron chi connectivity index (χ2n) is 8.27. The van der Waals surface area contributed by atoms with Crippen LogP contribution in [0.1, 0.15) is 44.7 Å². The zero-order chi connectivity index (χ0) is 20.9. The van der Waals surface area contributed by atoms with Crippen molar-refractivity contribution < 1.29 is 4.79 Å². The van der Waals surface area contributed by atoms with Crippen molar-refractivity contribution in [3.05, 3.63) is 54.4 Å². The van der Waals surface area contributed by atoms with Crippen molar-refractivity contribution >= 4 is 38.1 Å². The second kappa shape index (κ2) is 9.58. The molecule has 0 spiro atoms. The van der Waals surface area contributed by atoms with Gasteiger partial charge in [0.05, 0.1) is 11.4 Å². The van der Waals surface area contributed by atoms with Crippen molar-refractivity contribution in [3.63, 3.8) is 0 Å². The summed E-state index contributed by atoms with van der Waals surface area (Å²) in [5.74, 6) is 1.46. The number of hydrogen-bond donors (Lipinski definition) is 2. The van der Waals surface area contributed by atoms with Crippen molar-refractivity contribution in [2.45, 2.75) is 45.6 Å². The Labute approximate surface area is 182 Å². The average molecular weight is 423 g/mol. The van der Waals surface area contributed by atoms with Gasteiger partial charge in [0.25, 0.3) is 0 Å². The number of rotatable bonds is 7. The van der Waals surface area contributed by atoms with Crippen LogP contribution in [0.2, 0.25) is 0 Å². The minimum atomic E-state index is -0.494. The van der Waals surface area contributed by atoms with Crippen molar-refractivity contribution in [3.8, 4) is 0 Å². The normalized spacial score (nSPS) is 15.9. The van der Waals surface area contributed by atoms with E-state index in [1.165, 1.54) is 32.1 Å². The number of urea groups is 1. The highest BCUT2D eigenvalue weighted by atomic mass is 32.1. The number of pyridine rings is 1. The molecule has 0 bridgehead atoms. The van der Waals surface area contributed by atoms with Crippen LogP contribution in [0.4, 0.5) is 15.5 Å². The first-order valence-electron chi connectivity index (χ1n) is 10.9. The summed E-state index contributed by atoms with van der Waals surface area (Å²) in [5, 5.41) is 5.49.